The van der Waals surface area contributed by atoms with E-state index in [1.165, 1.54) is 18.9 Å². The Morgan fingerprint density at radius 1 is 1.04 bits per heavy atom. The number of aromatic amines is 1. The summed E-state index contributed by atoms with van der Waals surface area (Å²) in [6.07, 6.45) is 1.81. The number of fused-ring (bicyclic) bond motifs is 1. The number of aromatic nitrogens is 1. The summed E-state index contributed by atoms with van der Waals surface area (Å²) in [5, 5.41) is 2.38. The monoisotopic (exact) mass is 447 g/mol. The molecule has 0 amide bonds. The first kappa shape index (κ1) is 19.9. The van der Waals surface area contributed by atoms with Crippen molar-refractivity contribution in [3.8, 4) is 11.1 Å². The summed E-state index contributed by atoms with van der Waals surface area (Å²) in [6, 6.07) is 8.62. The van der Waals surface area contributed by atoms with Crippen LogP contribution in [0.25, 0.3) is 22.0 Å². The molecule has 0 aliphatic rings. The molecule has 0 radical (unpaired) electrons. The Labute approximate surface area is 174 Å². The van der Waals surface area contributed by atoms with Gasteiger partial charge in [0.15, 0.2) is 5.44 Å². The summed E-state index contributed by atoms with van der Waals surface area (Å²) < 4.78 is 5.29. The fourth-order valence-corrected chi connectivity index (χ4v) is 3.90. The van der Waals surface area contributed by atoms with Gasteiger partial charge >= 0.3 is 0 Å². The molecule has 0 fully saturated rings. The highest BCUT2D eigenvalue weighted by molar-refractivity contribution is 7.99. The highest BCUT2D eigenvalue weighted by atomic mass is 35.5. The third kappa shape index (κ3) is 3.59. The third-order valence-electron chi connectivity index (χ3n) is 3.94. The van der Waals surface area contributed by atoms with Crippen LogP contribution < -0.4 is 0 Å². The van der Waals surface area contributed by atoms with Crippen molar-refractivity contribution in [3.05, 3.63) is 56.1 Å². The lowest BCUT2D eigenvalue weighted by Gasteiger charge is -2.12. The molecule has 1 unspecified atom stereocenters. The van der Waals surface area contributed by atoms with Gasteiger partial charge in [-0.25, -0.2) is 0 Å². The number of benzene rings is 2. The van der Waals surface area contributed by atoms with Crippen LogP contribution in [0.5, 0.6) is 0 Å². The van der Waals surface area contributed by atoms with E-state index in [2.05, 4.69) is 4.98 Å². The molecule has 0 aliphatic carbocycles. The molecule has 2 aromatic carbocycles. The van der Waals surface area contributed by atoms with E-state index in [1.54, 1.807) is 36.6 Å². The molecule has 1 aromatic heterocycles. The maximum absolute atomic E-state index is 13.0. The SMILES string of the molecule is COC(SC)C(=O)c1[nH]c2cc(Cl)c(Cl)cc2c1-c1ccc(Cl)c(Cl)c1. The molecule has 3 rings (SSSR count). The molecule has 0 bridgehead atoms. The number of hydrogen-bond acceptors (Lipinski definition) is 3. The summed E-state index contributed by atoms with van der Waals surface area (Å²) in [4.78, 5) is 16.1. The molecule has 0 saturated heterocycles. The number of ketones is 1. The van der Waals surface area contributed by atoms with Gasteiger partial charge in [-0.1, -0.05) is 52.5 Å². The normalized spacial score (nSPS) is 12.5. The minimum absolute atomic E-state index is 0.190. The van der Waals surface area contributed by atoms with E-state index in [9.17, 15) is 4.79 Å². The van der Waals surface area contributed by atoms with Crippen LogP contribution in [0.1, 0.15) is 10.5 Å². The summed E-state index contributed by atoms with van der Waals surface area (Å²) in [5.41, 5.74) is 1.87. The molecule has 26 heavy (non-hydrogen) atoms. The number of Topliss-reactive ketones (excluding diaryl/α,β-unsaturated/α-hetero) is 1. The molecule has 3 nitrogen and oxygen atoms in total. The summed E-state index contributed by atoms with van der Waals surface area (Å²) in [6.45, 7) is 0. The molecular weight excluding hydrogens is 436 g/mol. The molecule has 0 aliphatic heterocycles. The van der Waals surface area contributed by atoms with Crippen molar-refractivity contribution in [1.29, 1.82) is 0 Å². The van der Waals surface area contributed by atoms with Gasteiger partial charge in [-0.2, -0.15) is 0 Å². The quantitative estimate of drug-likeness (QED) is 0.338. The van der Waals surface area contributed by atoms with Crippen molar-refractivity contribution in [2.24, 2.45) is 0 Å². The van der Waals surface area contributed by atoms with Gasteiger partial charge in [-0.05, 0) is 36.1 Å². The highest BCUT2D eigenvalue weighted by Crippen LogP contribution is 2.39. The first-order valence-corrected chi connectivity index (χ1v) is 10.2. The predicted molar refractivity (Wildman–Crippen MR) is 112 cm³/mol. The zero-order valence-electron chi connectivity index (χ0n) is 13.7. The van der Waals surface area contributed by atoms with Gasteiger partial charge in [0.2, 0.25) is 5.78 Å². The van der Waals surface area contributed by atoms with Gasteiger partial charge in [-0.15, -0.1) is 11.8 Å². The van der Waals surface area contributed by atoms with Gasteiger partial charge in [-0.3, -0.25) is 4.79 Å². The average Bonchev–Trinajstić information content (AvgIpc) is 2.97. The van der Waals surface area contributed by atoms with Gasteiger partial charge in [0.25, 0.3) is 0 Å². The van der Waals surface area contributed by atoms with E-state index >= 15 is 0 Å². The molecular formula is C18H13Cl4NO2S. The second-order valence-electron chi connectivity index (χ2n) is 5.48. The third-order valence-corrected chi connectivity index (χ3v) is 6.23. The lowest BCUT2D eigenvalue weighted by molar-refractivity contribution is 0.0791. The number of halogens is 4. The van der Waals surface area contributed by atoms with Crippen LogP contribution in [0.4, 0.5) is 0 Å². The minimum atomic E-state index is -0.643. The number of nitrogens with one attached hydrogen (secondary N) is 1. The Bertz CT molecular complexity index is 999. The number of H-pyrrole nitrogens is 1. The maximum atomic E-state index is 13.0. The van der Waals surface area contributed by atoms with E-state index in [0.717, 1.165) is 10.9 Å². The topological polar surface area (TPSA) is 42.1 Å². The zero-order valence-corrected chi connectivity index (χ0v) is 17.5. The minimum Gasteiger partial charge on any atom is -0.362 e. The van der Waals surface area contributed by atoms with Gasteiger partial charge in [0.05, 0.1) is 25.8 Å². The largest absolute Gasteiger partial charge is 0.362 e. The highest BCUT2D eigenvalue weighted by Gasteiger charge is 2.26. The number of ether oxygens (including phenoxy) is 1. The summed E-state index contributed by atoms with van der Waals surface area (Å²) >= 11 is 25.9. The number of hydrogen-bond donors (Lipinski definition) is 1. The van der Waals surface area contributed by atoms with E-state index in [4.69, 9.17) is 51.1 Å². The molecule has 1 heterocycles. The van der Waals surface area contributed by atoms with Crippen molar-refractivity contribution in [2.75, 3.05) is 13.4 Å². The molecule has 1 N–H and O–H groups in total. The molecule has 0 spiro atoms. The van der Waals surface area contributed by atoms with E-state index in [1.807, 2.05) is 0 Å². The van der Waals surface area contributed by atoms with Crippen molar-refractivity contribution in [1.82, 2.24) is 4.98 Å². The van der Waals surface area contributed by atoms with Crippen LogP contribution in [0.15, 0.2) is 30.3 Å². The van der Waals surface area contributed by atoms with E-state index < -0.39 is 5.44 Å². The van der Waals surface area contributed by atoms with Crippen LogP contribution in [-0.2, 0) is 4.74 Å². The number of methoxy groups -OCH3 is 1. The van der Waals surface area contributed by atoms with Gasteiger partial charge in [0, 0.05) is 23.6 Å². The molecule has 3 aromatic rings. The smallest absolute Gasteiger partial charge is 0.218 e. The number of rotatable bonds is 5. The zero-order chi connectivity index (χ0) is 19.0. The molecule has 0 saturated carbocycles. The first-order chi connectivity index (χ1) is 12.4. The van der Waals surface area contributed by atoms with Crippen LogP contribution in [-0.4, -0.2) is 29.6 Å². The van der Waals surface area contributed by atoms with Crippen molar-refractivity contribution >= 4 is 74.9 Å². The first-order valence-electron chi connectivity index (χ1n) is 7.43. The second-order valence-corrected chi connectivity index (χ2v) is 8.01. The Kier molecular flexibility index (Phi) is 6.12. The van der Waals surface area contributed by atoms with E-state index in [-0.39, 0.29) is 5.78 Å². The maximum Gasteiger partial charge on any atom is 0.218 e. The predicted octanol–water partition coefficient (Wildman–Crippen LogP) is 6.97. The van der Waals surface area contributed by atoms with Crippen LogP contribution in [0.2, 0.25) is 20.1 Å². The fraction of sp³-hybridized carbons (Fsp3) is 0.167. The van der Waals surface area contributed by atoms with Crippen LogP contribution in [0.3, 0.4) is 0 Å². The Balaban J connectivity index is 2.32. The Hall–Kier alpha value is -0.880. The molecule has 136 valence electrons. The lowest BCUT2D eigenvalue weighted by atomic mass is 10.00. The fourth-order valence-electron chi connectivity index (χ4n) is 2.75. The van der Waals surface area contributed by atoms with Crippen molar-refractivity contribution < 1.29 is 9.53 Å². The molecule has 8 heteroatoms. The average molecular weight is 449 g/mol. The van der Waals surface area contributed by atoms with Gasteiger partial charge < -0.3 is 9.72 Å². The van der Waals surface area contributed by atoms with Crippen LogP contribution >= 0.6 is 58.2 Å². The van der Waals surface area contributed by atoms with E-state index in [0.29, 0.717) is 36.9 Å². The summed E-state index contributed by atoms with van der Waals surface area (Å²) in [5.74, 6) is -0.190. The van der Waals surface area contributed by atoms with Crippen LogP contribution in [0, 0.1) is 0 Å². The number of thioether (sulfide) groups is 1. The summed E-state index contributed by atoms with van der Waals surface area (Å²) in [7, 11) is 1.49. The van der Waals surface area contributed by atoms with Crippen molar-refractivity contribution in [2.45, 2.75) is 5.44 Å². The molecule has 1 atom stereocenters. The Morgan fingerprint density at radius 2 is 1.69 bits per heavy atom. The number of carbonyl (C=O) groups is 1. The number of carbonyl (C=O) groups excluding carboxylic acids is 1. The lowest BCUT2D eigenvalue weighted by Crippen LogP contribution is -2.20. The van der Waals surface area contributed by atoms with Crippen molar-refractivity contribution in [3.63, 3.8) is 0 Å². The second kappa shape index (κ2) is 8.01. The standard InChI is InChI=1S/C18H13Cl4NO2S/c1-25-18(26-2)17(24)16-15(8-3-4-10(19)11(20)5-8)9-6-12(21)13(22)7-14(9)23-16/h3-7,18,23H,1-2H3. The van der Waals surface area contributed by atoms with Gasteiger partial charge in [0.1, 0.15) is 0 Å². The Morgan fingerprint density at radius 3 is 2.31 bits per heavy atom.